The van der Waals surface area contributed by atoms with E-state index in [1.165, 1.54) is 0 Å². The Morgan fingerprint density at radius 1 is 1.22 bits per heavy atom. The summed E-state index contributed by atoms with van der Waals surface area (Å²) in [7, 11) is -1.69. The van der Waals surface area contributed by atoms with E-state index in [9.17, 15) is 8.42 Å². The number of piperidine rings is 1. The van der Waals surface area contributed by atoms with Crippen LogP contribution in [0.25, 0.3) is 0 Å². The van der Waals surface area contributed by atoms with E-state index in [1.54, 1.807) is 29.6 Å². The summed E-state index contributed by atoms with van der Waals surface area (Å²) < 4.78 is 32.5. The minimum absolute atomic E-state index is 0.364. The molecule has 0 bridgehead atoms. The molecule has 1 aromatic rings. The molecule has 0 unspecified atom stereocenters. The van der Waals surface area contributed by atoms with Gasteiger partial charge in [-0.1, -0.05) is 18.6 Å². The third-order valence-electron chi connectivity index (χ3n) is 4.50. The molecule has 2 N–H and O–H groups in total. The predicted molar refractivity (Wildman–Crippen MR) is 108 cm³/mol. The molecule has 1 heterocycles. The SMILES string of the molecule is CCOCCCNC(=NC)NCc1cccc(S(=O)(=O)N2CCCCC2)c1. The van der Waals surface area contributed by atoms with Crippen LogP contribution in [0, 0.1) is 0 Å². The van der Waals surface area contributed by atoms with Crippen molar-refractivity contribution in [2.45, 2.75) is 44.0 Å². The molecule has 1 aliphatic heterocycles. The number of nitrogens with one attached hydrogen (secondary N) is 2. The van der Waals surface area contributed by atoms with E-state index in [0.717, 1.165) is 51.0 Å². The van der Waals surface area contributed by atoms with Crippen LogP contribution in [0.1, 0.15) is 38.2 Å². The summed E-state index contributed by atoms with van der Waals surface area (Å²) in [5, 5.41) is 6.45. The lowest BCUT2D eigenvalue weighted by Gasteiger charge is -2.26. The highest BCUT2D eigenvalue weighted by molar-refractivity contribution is 7.89. The lowest BCUT2D eigenvalue weighted by Crippen LogP contribution is -2.37. The predicted octanol–water partition coefficient (Wildman–Crippen LogP) is 1.95. The normalized spacial score (nSPS) is 16.3. The van der Waals surface area contributed by atoms with Gasteiger partial charge in [0.2, 0.25) is 10.0 Å². The molecule has 7 nitrogen and oxygen atoms in total. The quantitative estimate of drug-likeness (QED) is 0.379. The van der Waals surface area contributed by atoms with Crippen LogP contribution in [0.3, 0.4) is 0 Å². The fraction of sp³-hybridized carbons (Fsp3) is 0.632. The molecule has 0 spiro atoms. The van der Waals surface area contributed by atoms with E-state index in [-0.39, 0.29) is 0 Å². The molecule has 27 heavy (non-hydrogen) atoms. The second kappa shape index (κ2) is 11.3. The van der Waals surface area contributed by atoms with Gasteiger partial charge < -0.3 is 15.4 Å². The van der Waals surface area contributed by atoms with Crippen molar-refractivity contribution in [3.63, 3.8) is 0 Å². The standard InChI is InChI=1S/C19H32N4O3S/c1-3-26-14-8-11-21-19(20-2)22-16-17-9-7-10-18(15-17)27(24,25)23-12-5-4-6-13-23/h7,9-10,15H,3-6,8,11-14,16H2,1-2H3,(H2,20,21,22). The summed E-state index contributed by atoms with van der Waals surface area (Å²) in [5.41, 5.74) is 0.908. The molecule has 2 rings (SSSR count). The number of hydrogen-bond donors (Lipinski definition) is 2. The highest BCUT2D eigenvalue weighted by atomic mass is 32.2. The largest absolute Gasteiger partial charge is 0.382 e. The number of aliphatic imine (C=N–C) groups is 1. The van der Waals surface area contributed by atoms with Gasteiger partial charge in [-0.3, -0.25) is 4.99 Å². The van der Waals surface area contributed by atoms with Gasteiger partial charge in [-0.25, -0.2) is 8.42 Å². The maximum atomic E-state index is 12.8. The van der Waals surface area contributed by atoms with E-state index in [2.05, 4.69) is 15.6 Å². The Morgan fingerprint density at radius 2 is 2.00 bits per heavy atom. The third kappa shape index (κ3) is 6.79. The second-order valence-electron chi connectivity index (χ2n) is 6.52. The summed E-state index contributed by atoms with van der Waals surface area (Å²) in [6.07, 6.45) is 3.88. The molecule has 0 aliphatic carbocycles. The molecule has 152 valence electrons. The molecule has 1 saturated heterocycles. The first-order valence-electron chi connectivity index (χ1n) is 9.69. The van der Waals surface area contributed by atoms with Crippen molar-refractivity contribution in [3.05, 3.63) is 29.8 Å². The first-order chi connectivity index (χ1) is 13.1. The lowest BCUT2D eigenvalue weighted by atomic mass is 10.2. The van der Waals surface area contributed by atoms with Crippen LogP contribution in [-0.2, 0) is 21.3 Å². The average molecular weight is 397 g/mol. The van der Waals surface area contributed by atoms with Crippen molar-refractivity contribution in [2.75, 3.05) is 39.9 Å². The molecular weight excluding hydrogens is 364 g/mol. The summed E-state index contributed by atoms with van der Waals surface area (Å²) in [5.74, 6) is 0.691. The zero-order valence-electron chi connectivity index (χ0n) is 16.4. The molecule has 8 heteroatoms. The topological polar surface area (TPSA) is 83.0 Å². The fourth-order valence-corrected chi connectivity index (χ4v) is 4.59. The molecule has 0 radical (unpaired) electrons. The smallest absolute Gasteiger partial charge is 0.243 e. The minimum atomic E-state index is -3.41. The number of nitrogens with zero attached hydrogens (tertiary/aromatic N) is 2. The van der Waals surface area contributed by atoms with Gasteiger partial charge in [-0.05, 0) is 43.9 Å². The Labute approximate surface area is 163 Å². The van der Waals surface area contributed by atoms with Crippen LogP contribution in [0.4, 0.5) is 0 Å². The number of benzene rings is 1. The summed E-state index contributed by atoms with van der Waals surface area (Å²) in [6.45, 7) is 5.93. The first kappa shape index (κ1) is 21.7. The van der Waals surface area contributed by atoms with E-state index in [0.29, 0.717) is 30.5 Å². The minimum Gasteiger partial charge on any atom is -0.382 e. The van der Waals surface area contributed by atoms with Crippen molar-refractivity contribution < 1.29 is 13.2 Å². The average Bonchev–Trinajstić information content (AvgIpc) is 2.71. The van der Waals surface area contributed by atoms with E-state index < -0.39 is 10.0 Å². The number of sulfonamides is 1. The lowest BCUT2D eigenvalue weighted by molar-refractivity contribution is 0.145. The maximum Gasteiger partial charge on any atom is 0.243 e. The number of ether oxygens (including phenoxy) is 1. The van der Waals surface area contributed by atoms with Gasteiger partial charge in [0, 0.05) is 46.4 Å². The zero-order valence-corrected chi connectivity index (χ0v) is 17.2. The van der Waals surface area contributed by atoms with Crippen molar-refractivity contribution in [3.8, 4) is 0 Å². The highest BCUT2D eigenvalue weighted by Crippen LogP contribution is 2.21. The van der Waals surface area contributed by atoms with Gasteiger partial charge in [0.05, 0.1) is 4.90 Å². The van der Waals surface area contributed by atoms with Crippen LogP contribution in [-0.4, -0.2) is 58.6 Å². The van der Waals surface area contributed by atoms with Gasteiger partial charge in [-0.15, -0.1) is 0 Å². The maximum absolute atomic E-state index is 12.8. The van der Waals surface area contributed by atoms with Crippen LogP contribution in [0.15, 0.2) is 34.2 Å². The zero-order chi connectivity index (χ0) is 19.5. The number of rotatable bonds is 9. The molecule has 0 atom stereocenters. The van der Waals surface area contributed by atoms with Crippen LogP contribution in [0.2, 0.25) is 0 Å². The Kier molecular flexibility index (Phi) is 9.03. The Bertz CT molecular complexity index is 701. The highest BCUT2D eigenvalue weighted by Gasteiger charge is 2.25. The van der Waals surface area contributed by atoms with Crippen LogP contribution < -0.4 is 10.6 Å². The van der Waals surface area contributed by atoms with Crippen LogP contribution >= 0.6 is 0 Å². The van der Waals surface area contributed by atoms with Crippen LogP contribution in [0.5, 0.6) is 0 Å². The molecule has 0 aromatic heterocycles. The number of hydrogen-bond acceptors (Lipinski definition) is 4. The van der Waals surface area contributed by atoms with E-state index >= 15 is 0 Å². The number of guanidine groups is 1. The summed E-state index contributed by atoms with van der Waals surface area (Å²) >= 11 is 0. The second-order valence-corrected chi connectivity index (χ2v) is 8.45. The van der Waals surface area contributed by atoms with Crippen molar-refractivity contribution in [2.24, 2.45) is 4.99 Å². The monoisotopic (exact) mass is 396 g/mol. The molecule has 0 saturated carbocycles. The molecule has 1 aliphatic rings. The summed E-state index contributed by atoms with van der Waals surface area (Å²) in [6, 6.07) is 7.14. The van der Waals surface area contributed by atoms with Gasteiger partial charge in [0.15, 0.2) is 5.96 Å². The molecule has 1 aromatic carbocycles. The summed E-state index contributed by atoms with van der Waals surface area (Å²) in [4.78, 5) is 4.56. The Hall–Kier alpha value is -1.64. The van der Waals surface area contributed by atoms with Crippen molar-refractivity contribution in [1.29, 1.82) is 0 Å². The third-order valence-corrected chi connectivity index (χ3v) is 6.39. The Balaban J connectivity index is 1.91. The van der Waals surface area contributed by atoms with E-state index in [4.69, 9.17) is 4.74 Å². The molecule has 1 fully saturated rings. The van der Waals surface area contributed by atoms with Gasteiger partial charge in [-0.2, -0.15) is 4.31 Å². The van der Waals surface area contributed by atoms with E-state index in [1.807, 2.05) is 13.0 Å². The van der Waals surface area contributed by atoms with Gasteiger partial charge in [0.25, 0.3) is 0 Å². The fourth-order valence-electron chi connectivity index (χ4n) is 3.00. The van der Waals surface area contributed by atoms with Crippen molar-refractivity contribution >= 4 is 16.0 Å². The molecular formula is C19H32N4O3S. The van der Waals surface area contributed by atoms with Gasteiger partial charge in [0.1, 0.15) is 0 Å². The Morgan fingerprint density at radius 3 is 2.70 bits per heavy atom. The molecule has 0 amide bonds. The van der Waals surface area contributed by atoms with Crippen molar-refractivity contribution in [1.82, 2.24) is 14.9 Å². The van der Waals surface area contributed by atoms with Gasteiger partial charge >= 0.3 is 0 Å². The first-order valence-corrected chi connectivity index (χ1v) is 11.1.